The van der Waals surface area contributed by atoms with Crippen LogP contribution < -0.4 is 5.32 Å². The van der Waals surface area contributed by atoms with Crippen LogP contribution >= 0.6 is 0 Å². The van der Waals surface area contributed by atoms with E-state index in [0.29, 0.717) is 0 Å². The number of hydrogen-bond donors (Lipinski definition) is 1. The average molecular weight is 310 g/mol. The number of pyridine rings is 1. The van der Waals surface area contributed by atoms with Crippen molar-refractivity contribution in [2.75, 3.05) is 0 Å². The van der Waals surface area contributed by atoms with Gasteiger partial charge in [-0.15, -0.1) is 0 Å². The second-order valence-corrected chi connectivity index (χ2v) is 8.34. The molecular formula is C21H30N2. The van der Waals surface area contributed by atoms with Crippen molar-refractivity contribution in [3.8, 4) is 0 Å². The molecule has 0 spiro atoms. The fourth-order valence-corrected chi connectivity index (χ4v) is 2.72. The van der Waals surface area contributed by atoms with Gasteiger partial charge >= 0.3 is 0 Å². The summed E-state index contributed by atoms with van der Waals surface area (Å²) in [6.07, 6.45) is 2.76. The molecule has 0 fully saturated rings. The molecule has 124 valence electrons. The lowest BCUT2D eigenvalue weighted by Crippen LogP contribution is -2.39. The molecule has 0 aliphatic heterocycles. The van der Waals surface area contributed by atoms with Crippen LogP contribution in [0.1, 0.15) is 64.4 Å². The van der Waals surface area contributed by atoms with Gasteiger partial charge in [-0.3, -0.25) is 4.98 Å². The van der Waals surface area contributed by atoms with Crippen molar-refractivity contribution in [2.24, 2.45) is 0 Å². The fourth-order valence-electron chi connectivity index (χ4n) is 2.72. The maximum Gasteiger partial charge on any atom is 0.0422 e. The molecule has 1 aromatic carbocycles. The number of aromatic nitrogens is 1. The minimum absolute atomic E-state index is 0.0577. The molecule has 1 atom stereocenters. The van der Waals surface area contributed by atoms with E-state index in [1.807, 2.05) is 12.3 Å². The molecule has 0 aliphatic rings. The zero-order valence-corrected chi connectivity index (χ0v) is 15.4. The Morgan fingerprint density at radius 3 is 2.04 bits per heavy atom. The van der Waals surface area contributed by atoms with Gasteiger partial charge in [0, 0.05) is 29.9 Å². The van der Waals surface area contributed by atoms with Crippen LogP contribution in [0.15, 0.2) is 48.7 Å². The Labute approximate surface area is 141 Å². The van der Waals surface area contributed by atoms with Gasteiger partial charge < -0.3 is 5.32 Å². The highest BCUT2D eigenvalue weighted by molar-refractivity contribution is 5.30. The van der Waals surface area contributed by atoms with Gasteiger partial charge in [-0.2, -0.15) is 0 Å². The molecule has 2 aromatic rings. The molecule has 0 saturated carbocycles. The summed E-state index contributed by atoms with van der Waals surface area (Å²) < 4.78 is 0. The van der Waals surface area contributed by atoms with Crippen LogP contribution in [0.25, 0.3) is 0 Å². The van der Waals surface area contributed by atoms with E-state index in [9.17, 15) is 0 Å². The van der Waals surface area contributed by atoms with Gasteiger partial charge in [-0.1, -0.05) is 51.1 Å². The van der Waals surface area contributed by atoms with Crippen molar-refractivity contribution in [2.45, 2.75) is 65.0 Å². The Morgan fingerprint density at radius 1 is 0.913 bits per heavy atom. The average Bonchev–Trinajstić information content (AvgIpc) is 2.45. The lowest BCUT2D eigenvalue weighted by Gasteiger charge is -2.29. The second kappa shape index (κ2) is 6.84. The molecule has 2 heteroatoms. The van der Waals surface area contributed by atoms with Crippen LogP contribution in [-0.4, -0.2) is 10.5 Å². The molecule has 0 radical (unpaired) electrons. The molecule has 1 aromatic heterocycles. The van der Waals surface area contributed by atoms with E-state index in [4.69, 9.17) is 0 Å². The van der Waals surface area contributed by atoms with Gasteiger partial charge in [-0.25, -0.2) is 0 Å². The van der Waals surface area contributed by atoms with Gasteiger partial charge in [0.2, 0.25) is 0 Å². The lowest BCUT2D eigenvalue weighted by molar-refractivity contribution is 0.360. The van der Waals surface area contributed by atoms with E-state index < -0.39 is 0 Å². The monoisotopic (exact) mass is 310 g/mol. The zero-order chi connectivity index (χ0) is 17.1. The third-order valence-electron chi connectivity index (χ3n) is 3.93. The molecule has 0 saturated heterocycles. The van der Waals surface area contributed by atoms with Gasteiger partial charge in [0.15, 0.2) is 0 Å². The first-order valence-corrected chi connectivity index (χ1v) is 8.43. The molecule has 2 nitrogen and oxygen atoms in total. The van der Waals surface area contributed by atoms with E-state index in [-0.39, 0.29) is 17.0 Å². The van der Waals surface area contributed by atoms with Gasteiger partial charge in [0.25, 0.3) is 0 Å². The Balaban J connectivity index is 2.26. The largest absolute Gasteiger partial charge is 0.305 e. The van der Waals surface area contributed by atoms with Crippen LogP contribution in [0.5, 0.6) is 0 Å². The Hall–Kier alpha value is -1.67. The van der Waals surface area contributed by atoms with E-state index in [1.54, 1.807) is 0 Å². The highest BCUT2D eigenvalue weighted by Gasteiger charge is 2.21. The Bertz CT molecular complexity index is 601. The van der Waals surface area contributed by atoms with Crippen LogP contribution in [0, 0.1) is 0 Å². The van der Waals surface area contributed by atoms with E-state index >= 15 is 0 Å². The summed E-state index contributed by atoms with van der Waals surface area (Å²) in [5, 5.41) is 3.74. The van der Waals surface area contributed by atoms with Crippen LogP contribution in [0.2, 0.25) is 0 Å². The first-order chi connectivity index (χ1) is 10.6. The first kappa shape index (κ1) is 17.7. The summed E-state index contributed by atoms with van der Waals surface area (Å²) in [7, 11) is 0. The molecule has 1 heterocycles. The van der Waals surface area contributed by atoms with Crippen molar-refractivity contribution in [1.82, 2.24) is 10.3 Å². The highest BCUT2D eigenvalue weighted by atomic mass is 15.0. The van der Waals surface area contributed by atoms with E-state index in [0.717, 1.165) is 12.1 Å². The van der Waals surface area contributed by atoms with Crippen LogP contribution in [0.3, 0.4) is 0 Å². The van der Waals surface area contributed by atoms with Crippen LogP contribution in [0.4, 0.5) is 0 Å². The van der Waals surface area contributed by atoms with Crippen molar-refractivity contribution in [3.63, 3.8) is 0 Å². The smallest absolute Gasteiger partial charge is 0.0422 e. The highest BCUT2D eigenvalue weighted by Crippen LogP contribution is 2.26. The zero-order valence-electron chi connectivity index (χ0n) is 15.4. The number of nitrogens with zero attached hydrogens (tertiary/aromatic N) is 1. The quantitative estimate of drug-likeness (QED) is 0.854. The van der Waals surface area contributed by atoms with Gasteiger partial charge in [-0.05, 0) is 49.4 Å². The number of nitrogens with one attached hydrogen (secondary N) is 1. The number of rotatable bonds is 4. The molecular weight excluding hydrogens is 280 g/mol. The van der Waals surface area contributed by atoms with E-state index in [1.165, 1.54) is 11.1 Å². The van der Waals surface area contributed by atoms with Crippen molar-refractivity contribution in [1.29, 1.82) is 0 Å². The summed E-state index contributed by atoms with van der Waals surface area (Å²) in [4.78, 5) is 4.49. The standard InChI is InChI=1S/C21H30N2/c1-20(2,3)17-12-10-16(11-13-17)19(23-21(4,5)6)15-18-9-7-8-14-22-18/h7-14,19,23H,15H2,1-6H3/t19-/m1/s1. The number of hydrogen-bond acceptors (Lipinski definition) is 2. The Morgan fingerprint density at radius 2 is 1.57 bits per heavy atom. The summed E-state index contributed by atoms with van der Waals surface area (Å²) in [5.74, 6) is 0. The van der Waals surface area contributed by atoms with Crippen LogP contribution in [-0.2, 0) is 11.8 Å². The minimum Gasteiger partial charge on any atom is -0.305 e. The summed E-state index contributed by atoms with van der Waals surface area (Å²) in [5.41, 5.74) is 4.05. The topological polar surface area (TPSA) is 24.9 Å². The lowest BCUT2D eigenvalue weighted by atomic mass is 9.86. The van der Waals surface area contributed by atoms with Crippen molar-refractivity contribution < 1.29 is 0 Å². The second-order valence-electron chi connectivity index (χ2n) is 8.34. The molecule has 1 N–H and O–H groups in total. The fraction of sp³-hybridized carbons (Fsp3) is 0.476. The predicted molar refractivity (Wildman–Crippen MR) is 98.7 cm³/mol. The molecule has 23 heavy (non-hydrogen) atoms. The molecule has 0 aliphatic carbocycles. The molecule has 0 unspecified atom stereocenters. The predicted octanol–water partition coefficient (Wildman–Crippen LogP) is 5.05. The molecule has 0 bridgehead atoms. The maximum atomic E-state index is 4.49. The molecule has 0 amide bonds. The third-order valence-corrected chi connectivity index (χ3v) is 3.93. The van der Waals surface area contributed by atoms with Gasteiger partial charge in [0.05, 0.1) is 0 Å². The van der Waals surface area contributed by atoms with E-state index in [2.05, 4.69) is 88.2 Å². The first-order valence-electron chi connectivity index (χ1n) is 8.43. The normalized spacial score (nSPS) is 13.8. The molecule has 2 rings (SSSR count). The third kappa shape index (κ3) is 5.47. The summed E-state index contributed by atoms with van der Waals surface area (Å²) >= 11 is 0. The van der Waals surface area contributed by atoms with Crippen molar-refractivity contribution >= 4 is 0 Å². The SMILES string of the molecule is CC(C)(C)N[C@H](Cc1ccccn1)c1ccc(C(C)(C)C)cc1. The summed E-state index contributed by atoms with van der Waals surface area (Å²) in [6.45, 7) is 13.4. The van der Waals surface area contributed by atoms with Gasteiger partial charge in [0.1, 0.15) is 0 Å². The van der Waals surface area contributed by atoms with Crippen molar-refractivity contribution in [3.05, 3.63) is 65.5 Å². The Kier molecular flexibility index (Phi) is 5.26. The summed E-state index contributed by atoms with van der Waals surface area (Å²) in [6, 6.07) is 15.4. The minimum atomic E-state index is 0.0577. The number of benzene rings is 1. The maximum absolute atomic E-state index is 4.49.